The Morgan fingerprint density at radius 3 is 2.33 bits per heavy atom. The summed E-state index contributed by atoms with van der Waals surface area (Å²) in [4.78, 5) is 14.4. The topological polar surface area (TPSA) is 60.0 Å². The summed E-state index contributed by atoms with van der Waals surface area (Å²) in [6.45, 7) is 4.56. The van der Waals surface area contributed by atoms with Crippen LogP contribution in [0.15, 0.2) is 12.1 Å². The number of piperazine rings is 1. The third-order valence-corrected chi connectivity index (χ3v) is 4.17. The van der Waals surface area contributed by atoms with E-state index < -0.39 is 0 Å². The van der Waals surface area contributed by atoms with Crippen LogP contribution in [0.1, 0.15) is 18.9 Å². The largest absolute Gasteiger partial charge is 0.493 e. The quantitative estimate of drug-likeness (QED) is 0.841. The van der Waals surface area contributed by atoms with Gasteiger partial charge in [-0.3, -0.25) is 4.79 Å². The summed E-state index contributed by atoms with van der Waals surface area (Å²) in [6.07, 6.45) is 1.12. The van der Waals surface area contributed by atoms with Crippen molar-refractivity contribution >= 4 is 18.3 Å². The Labute approximate surface area is 149 Å². The number of nitrogens with one attached hydrogen (secondary N) is 1. The van der Waals surface area contributed by atoms with Gasteiger partial charge in [0.15, 0.2) is 11.5 Å². The minimum Gasteiger partial charge on any atom is -0.493 e. The average Bonchev–Trinajstić information content (AvgIpc) is 2.58. The zero-order valence-corrected chi connectivity index (χ0v) is 15.6. The Morgan fingerprint density at radius 2 is 1.83 bits per heavy atom. The molecule has 1 aliphatic heterocycles. The van der Waals surface area contributed by atoms with Gasteiger partial charge in [0.05, 0.1) is 21.3 Å². The summed E-state index contributed by atoms with van der Waals surface area (Å²) in [5.74, 6) is 1.99. The first-order valence-corrected chi connectivity index (χ1v) is 7.89. The summed E-state index contributed by atoms with van der Waals surface area (Å²) < 4.78 is 16.0. The van der Waals surface area contributed by atoms with E-state index in [0.29, 0.717) is 30.1 Å². The minimum atomic E-state index is 0. The van der Waals surface area contributed by atoms with Crippen LogP contribution in [0, 0.1) is 0 Å². The smallest absolute Gasteiger partial charge is 0.223 e. The molecule has 1 aliphatic rings. The molecule has 6 nitrogen and oxygen atoms in total. The molecule has 0 unspecified atom stereocenters. The molecule has 1 aromatic carbocycles. The highest BCUT2D eigenvalue weighted by molar-refractivity contribution is 5.85. The molecule has 0 spiro atoms. The number of ether oxygens (including phenoxy) is 3. The van der Waals surface area contributed by atoms with Gasteiger partial charge in [-0.25, -0.2) is 0 Å². The Bertz CT molecular complexity index is 528. The number of halogens is 1. The molecule has 1 amide bonds. The lowest BCUT2D eigenvalue weighted by atomic mass is 10.1. The van der Waals surface area contributed by atoms with E-state index in [-0.39, 0.29) is 24.4 Å². The second kappa shape index (κ2) is 9.59. The van der Waals surface area contributed by atoms with Crippen LogP contribution < -0.4 is 19.5 Å². The molecule has 0 bridgehead atoms. The maximum Gasteiger partial charge on any atom is 0.223 e. The van der Waals surface area contributed by atoms with Crippen LogP contribution in [0.5, 0.6) is 17.2 Å². The molecule has 0 radical (unpaired) electrons. The van der Waals surface area contributed by atoms with Gasteiger partial charge in [0, 0.05) is 32.1 Å². The number of aryl methyl sites for hydroxylation is 1. The van der Waals surface area contributed by atoms with Crippen molar-refractivity contribution in [3.05, 3.63) is 17.7 Å². The van der Waals surface area contributed by atoms with Crippen LogP contribution in [0.2, 0.25) is 0 Å². The summed E-state index contributed by atoms with van der Waals surface area (Å²) in [6, 6.07) is 4.04. The molecule has 1 saturated heterocycles. The monoisotopic (exact) mass is 358 g/mol. The molecule has 0 aromatic heterocycles. The van der Waals surface area contributed by atoms with Crippen molar-refractivity contribution in [3.63, 3.8) is 0 Å². The fourth-order valence-corrected chi connectivity index (χ4v) is 2.89. The van der Waals surface area contributed by atoms with Crippen molar-refractivity contribution in [3.8, 4) is 17.2 Å². The second-order valence-electron chi connectivity index (χ2n) is 5.67. The maximum absolute atomic E-state index is 12.4. The zero-order chi connectivity index (χ0) is 16.8. The fourth-order valence-electron chi connectivity index (χ4n) is 2.89. The van der Waals surface area contributed by atoms with Crippen molar-refractivity contribution in [2.24, 2.45) is 0 Å². The number of carbonyl (C=O) groups is 1. The SMILES string of the molecule is COc1cc(CCC(=O)N2CCNC[C@H]2C)cc(OC)c1OC.Cl. The van der Waals surface area contributed by atoms with Crippen LogP contribution in [0.25, 0.3) is 0 Å². The van der Waals surface area contributed by atoms with E-state index in [1.807, 2.05) is 17.0 Å². The van der Waals surface area contributed by atoms with E-state index in [1.54, 1.807) is 21.3 Å². The molecule has 0 aliphatic carbocycles. The minimum absolute atomic E-state index is 0. The van der Waals surface area contributed by atoms with Crippen molar-refractivity contribution in [1.82, 2.24) is 10.2 Å². The molecule has 1 N–H and O–H groups in total. The van der Waals surface area contributed by atoms with Gasteiger partial charge in [-0.05, 0) is 31.0 Å². The molecule has 1 fully saturated rings. The molecule has 136 valence electrons. The first-order valence-electron chi connectivity index (χ1n) is 7.89. The van der Waals surface area contributed by atoms with Crippen LogP contribution in [-0.2, 0) is 11.2 Å². The lowest BCUT2D eigenvalue weighted by Crippen LogP contribution is -2.52. The van der Waals surface area contributed by atoms with E-state index in [4.69, 9.17) is 14.2 Å². The highest BCUT2D eigenvalue weighted by Gasteiger charge is 2.22. The van der Waals surface area contributed by atoms with Gasteiger partial charge >= 0.3 is 0 Å². The van der Waals surface area contributed by atoms with Crippen molar-refractivity contribution in [1.29, 1.82) is 0 Å². The molecule has 1 heterocycles. The van der Waals surface area contributed by atoms with E-state index in [1.165, 1.54) is 0 Å². The number of benzene rings is 1. The van der Waals surface area contributed by atoms with Crippen LogP contribution in [0.3, 0.4) is 0 Å². The predicted octanol–water partition coefficient (Wildman–Crippen LogP) is 1.89. The second-order valence-corrected chi connectivity index (χ2v) is 5.67. The van der Waals surface area contributed by atoms with E-state index in [9.17, 15) is 4.79 Å². The van der Waals surface area contributed by atoms with Crippen LogP contribution >= 0.6 is 12.4 Å². The van der Waals surface area contributed by atoms with Crippen molar-refractivity contribution in [2.45, 2.75) is 25.8 Å². The Hall–Kier alpha value is -1.66. The van der Waals surface area contributed by atoms with Crippen LogP contribution in [0.4, 0.5) is 0 Å². The lowest BCUT2D eigenvalue weighted by molar-refractivity contribution is -0.133. The van der Waals surface area contributed by atoms with E-state index >= 15 is 0 Å². The molecule has 0 saturated carbocycles. The standard InChI is InChI=1S/C17H26N2O4.ClH/c1-12-11-18-7-8-19(12)16(20)6-5-13-9-14(21-2)17(23-4)15(10-13)22-3;/h9-10,12,18H,5-8,11H2,1-4H3;1H/t12-;/m1./s1. The van der Waals surface area contributed by atoms with Gasteiger partial charge in [-0.1, -0.05) is 0 Å². The van der Waals surface area contributed by atoms with Gasteiger partial charge < -0.3 is 24.4 Å². The highest BCUT2D eigenvalue weighted by atomic mass is 35.5. The Morgan fingerprint density at radius 1 is 1.21 bits per heavy atom. The number of methoxy groups -OCH3 is 3. The van der Waals surface area contributed by atoms with Gasteiger partial charge in [0.1, 0.15) is 0 Å². The lowest BCUT2D eigenvalue weighted by Gasteiger charge is -2.34. The molecule has 7 heteroatoms. The molecular formula is C17H27ClN2O4. The van der Waals surface area contributed by atoms with E-state index in [2.05, 4.69) is 12.2 Å². The number of rotatable bonds is 6. The van der Waals surface area contributed by atoms with E-state index in [0.717, 1.165) is 25.2 Å². The predicted molar refractivity (Wildman–Crippen MR) is 95.7 cm³/mol. The number of hydrogen-bond donors (Lipinski definition) is 1. The van der Waals surface area contributed by atoms with Crippen molar-refractivity contribution < 1.29 is 19.0 Å². The summed E-state index contributed by atoms with van der Waals surface area (Å²) in [7, 11) is 4.76. The zero-order valence-electron chi connectivity index (χ0n) is 14.8. The number of nitrogens with zero attached hydrogens (tertiary/aromatic N) is 1. The summed E-state index contributed by atoms with van der Waals surface area (Å²) >= 11 is 0. The third-order valence-electron chi connectivity index (χ3n) is 4.17. The summed E-state index contributed by atoms with van der Waals surface area (Å²) in [5, 5.41) is 3.30. The molecule has 2 rings (SSSR count). The summed E-state index contributed by atoms with van der Waals surface area (Å²) in [5.41, 5.74) is 0.996. The number of carbonyl (C=O) groups excluding carboxylic acids is 1. The Balaban J connectivity index is 0.00000288. The highest BCUT2D eigenvalue weighted by Crippen LogP contribution is 2.38. The maximum atomic E-state index is 12.4. The van der Waals surface area contributed by atoms with Gasteiger partial charge in [0.2, 0.25) is 11.7 Å². The molecular weight excluding hydrogens is 332 g/mol. The van der Waals surface area contributed by atoms with Crippen molar-refractivity contribution in [2.75, 3.05) is 41.0 Å². The first kappa shape index (κ1) is 20.4. The van der Waals surface area contributed by atoms with Crippen LogP contribution in [-0.4, -0.2) is 57.8 Å². The number of hydrogen-bond acceptors (Lipinski definition) is 5. The fraction of sp³-hybridized carbons (Fsp3) is 0.588. The van der Waals surface area contributed by atoms with Gasteiger partial charge in [-0.15, -0.1) is 12.4 Å². The molecule has 24 heavy (non-hydrogen) atoms. The average molecular weight is 359 g/mol. The Kier molecular flexibility index (Phi) is 8.15. The molecule has 1 aromatic rings. The third kappa shape index (κ3) is 4.68. The normalized spacial score (nSPS) is 17.0. The molecule has 1 atom stereocenters. The number of amides is 1. The van der Waals surface area contributed by atoms with Gasteiger partial charge in [0.25, 0.3) is 0 Å². The first-order chi connectivity index (χ1) is 11.1. The van der Waals surface area contributed by atoms with Gasteiger partial charge in [-0.2, -0.15) is 0 Å².